The van der Waals surface area contributed by atoms with Gasteiger partial charge in [-0.2, -0.15) is 9.61 Å². The van der Waals surface area contributed by atoms with Crippen molar-refractivity contribution in [3.05, 3.63) is 53.3 Å². The van der Waals surface area contributed by atoms with Gasteiger partial charge in [-0.25, -0.2) is 4.98 Å². The molecule has 140 valence electrons. The second kappa shape index (κ2) is 6.53. The number of nitrogens with one attached hydrogen (secondary N) is 2. The molecule has 27 heavy (non-hydrogen) atoms. The third-order valence-corrected chi connectivity index (χ3v) is 6.17. The summed E-state index contributed by atoms with van der Waals surface area (Å²) in [6.45, 7) is 2.92. The second-order valence-corrected chi connectivity index (χ2v) is 7.62. The van der Waals surface area contributed by atoms with Gasteiger partial charge in [0.2, 0.25) is 0 Å². The highest BCUT2D eigenvalue weighted by Crippen LogP contribution is 2.46. The molecule has 0 amide bonds. The molecular weight excluding hydrogens is 338 g/mol. The average molecular weight is 363 g/mol. The standard InChI is InChI=1S/C21H25N5O/c1-27-16-4-2-15(3-5-16)14-23-20-17-6-8-21(9-12-22-13-10-21)19(17)25-18-7-11-24-26(18)20/h2-5,7,11,22-23H,6,8-10,12-14H2,1H3. The summed E-state index contributed by atoms with van der Waals surface area (Å²) in [6, 6.07) is 10.2. The van der Waals surface area contributed by atoms with Gasteiger partial charge >= 0.3 is 0 Å². The van der Waals surface area contributed by atoms with Crippen molar-refractivity contribution >= 4 is 11.5 Å². The van der Waals surface area contributed by atoms with Crippen LogP contribution in [0.2, 0.25) is 0 Å². The summed E-state index contributed by atoms with van der Waals surface area (Å²) in [7, 11) is 1.69. The zero-order chi connectivity index (χ0) is 18.3. The first-order valence-electron chi connectivity index (χ1n) is 9.74. The highest BCUT2D eigenvalue weighted by atomic mass is 16.5. The molecule has 2 aliphatic rings. The number of rotatable bonds is 4. The van der Waals surface area contributed by atoms with Crippen molar-refractivity contribution in [2.75, 3.05) is 25.5 Å². The highest BCUT2D eigenvalue weighted by molar-refractivity contribution is 5.59. The molecule has 3 heterocycles. The summed E-state index contributed by atoms with van der Waals surface area (Å²) in [4.78, 5) is 5.05. The lowest BCUT2D eigenvalue weighted by Crippen LogP contribution is -2.39. The van der Waals surface area contributed by atoms with E-state index in [1.807, 2.05) is 28.9 Å². The lowest BCUT2D eigenvalue weighted by molar-refractivity contribution is 0.301. The van der Waals surface area contributed by atoms with Gasteiger partial charge in [0.25, 0.3) is 0 Å². The number of nitrogens with zero attached hydrogens (tertiary/aromatic N) is 3. The Morgan fingerprint density at radius 1 is 1.15 bits per heavy atom. The molecule has 5 rings (SSSR count). The third-order valence-electron chi connectivity index (χ3n) is 6.17. The van der Waals surface area contributed by atoms with Crippen LogP contribution in [0.4, 0.5) is 5.82 Å². The van der Waals surface area contributed by atoms with Crippen LogP contribution in [0.1, 0.15) is 36.1 Å². The molecule has 6 heteroatoms. The summed E-state index contributed by atoms with van der Waals surface area (Å²) < 4.78 is 7.22. The van der Waals surface area contributed by atoms with Gasteiger partial charge in [0.05, 0.1) is 19.0 Å². The van der Waals surface area contributed by atoms with Gasteiger partial charge in [0, 0.05) is 23.6 Å². The SMILES string of the molecule is COc1ccc(CNc2c3c(nc4ccnn24)C2(CCNCC2)CC3)cc1. The predicted molar refractivity (Wildman–Crippen MR) is 105 cm³/mol. The largest absolute Gasteiger partial charge is 0.497 e. The van der Waals surface area contributed by atoms with Crippen LogP contribution in [0, 0.1) is 0 Å². The van der Waals surface area contributed by atoms with Crippen molar-refractivity contribution in [2.45, 2.75) is 37.6 Å². The molecule has 3 aromatic rings. The molecular formula is C21H25N5O. The molecule has 0 bridgehead atoms. The number of piperidine rings is 1. The van der Waals surface area contributed by atoms with Crippen molar-refractivity contribution in [1.82, 2.24) is 19.9 Å². The lowest BCUT2D eigenvalue weighted by atomic mass is 9.77. The van der Waals surface area contributed by atoms with Crippen LogP contribution in [0.3, 0.4) is 0 Å². The van der Waals surface area contributed by atoms with Crippen LogP contribution in [0.15, 0.2) is 36.5 Å². The fourth-order valence-corrected chi connectivity index (χ4v) is 4.64. The predicted octanol–water partition coefficient (Wildman–Crippen LogP) is 2.92. The van der Waals surface area contributed by atoms with Crippen molar-refractivity contribution in [3.8, 4) is 5.75 Å². The number of aromatic nitrogens is 3. The second-order valence-electron chi connectivity index (χ2n) is 7.62. The number of benzene rings is 1. The Balaban J connectivity index is 1.51. The van der Waals surface area contributed by atoms with Crippen molar-refractivity contribution in [3.63, 3.8) is 0 Å². The minimum atomic E-state index is 0.239. The molecule has 1 fully saturated rings. The molecule has 0 saturated carbocycles. The average Bonchev–Trinajstić information content (AvgIpc) is 3.32. The van der Waals surface area contributed by atoms with E-state index in [0.29, 0.717) is 0 Å². The summed E-state index contributed by atoms with van der Waals surface area (Å²) in [5.74, 6) is 1.98. The van der Waals surface area contributed by atoms with Gasteiger partial charge in [-0.05, 0) is 56.5 Å². The number of methoxy groups -OCH3 is 1. The van der Waals surface area contributed by atoms with Crippen LogP contribution in [-0.2, 0) is 18.4 Å². The van der Waals surface area contributed by atoms with Crippen LogP contribution in [0.5, 0.6) is 5.75 Å². The molecule has 1 spiro atoms. The van der Waals surface area contributed by atoms with Crippen LogP contribution < -0.4 is 15.4 Å². The molecule has 1 aliphatic carbocycles. The summed E-state index contributed by atoms with van der Waals surface area (Å²) >= 11 is 0. The molecule has 0 atom stereocenters. The van der Waals surface area contributed by atoms with E-state index in [2.05, 4.69) is 27.9 Å². The fraction of sp³-hybridized carbons (Fsp3) is 0.429. The highest BCUT2D eigenvalue weighted by Gasteiger charge is 2.42. The topological polar surface area (TPSA) is 63.5 Å². The van der Waals surface area contributed by atoms with E-state index in [9.17, 15) is 0 Å². The van der Waals surface area contributed by atoms with E-state index in [-0.39, 0.29) is 5.41 Å². The molecule has 1 aliphatic heterocycles. The third kappa shape index (κ3) is 2.75. The van der Waals surface area contributed by atoms with E-state index in [0.717, 1.165) is 43.3 Å². The zero-order valence-corrected chi connectivity index (χ0v) is 15.7. The first kappa shape index (κ1) is 16.6. The number of ether oxygens (including phenoxy) is 1. The Morgan fingerprint density at radius 2 is 1.96 bits per heavy atom. The van der Waals surface area contributed by atoms with Crippen LogP contribution in [0.25, 0.3) is 5.65 Å². The maximum Gasteiger partial charge on any atom is 0.157 e. The van der Waals surface area contributed by atoms with Gasteiger partial charge in [-0.15, -0.1) is 0 Å². The zero-order valence-electron chi connectivity index (χ0n) is 15.7. The molecule has 2 N–H and O–H groups in total. The summed E-state index contributed by atoms with van der Waals surface area (Å²) in [5, 5.41) is 11.7. The maximum absolute atomic E-state index is 5.26. The van der Waals surface area contributed by atoms with Gasteiger partial charge in [0.1, 0.15) is 11.6 Å². The van der Waals surface area contributed by atoms with Crippen molar-refractivity contribution < 1.29 is 4.74 Å². The van der Waals surface area contributed by atoms with Crippen molar-refractivity contribution in [1.29, 1.82) is 0 Å². The Labute approximate surface area is 159 Å². The molecule has 0 radical (unpaired) electrons. The number of anilines is 1. The molecule has 1 saturated heterocycles. The van der Waals surface area contributed by atoms with Crippen molar-refractivity contribution in [2.24, 2.45) is 0 Å². The molecule has 6 nitrogen and oxygen atoms in total. The molecule has 2 aromatic heterocycles. The quantitative estimate of drug-likeness (QED) is 0.746. The number of hydrogen-bond acceptors (Lipinski definition) is 5. The Kier molecular flexibility index (Phi) is 4.01. The fourth-order valence-electron chi connectivity index (χ4n) is 4.64. The van der Waals surface area contributed by atoms with Gasteiger partial charge in [0.15, 0.2) is 5.65 Å². The Morgan fingerprint density at radius 3 is 2.74 bits per heavy atom. The van der Waals surface area contributed by atoms with Gasteiger partial charge < -0.3 is 15.4 Å². The number of hydrogen-bond donors (Lipinski definition) is 2. The molecule has 0 unspecified atom stereocenters. The van der Waals surface area contributed by atoms with Gasteiger partial charge in [-0.3, -0.25) is 0 Å². The van der Waals surface area contributed by atoms with E-state index in [1.54, 1.807) is 7.11 Å². The Hall–Kier alpha value is -2.60. The van der Waals surface area contributed by atoms with Gasteiger partial charge in [-0.1, -0.05) is 12.1 Å². The number of fused-ring (bicyclic) bond motifs is 3. The van der Waals surface area contributed by atoms with E-state index < -0.39 is 0 Å². The monoisotopic (exact) mass is 363 g/mol. The van der Waals surface area contributed by atoms with E-state index in [4.69, 9.17) is 9.72 Å². The van der Waals surface area contributed by atoms with E-state index >= 15 is 0 Å². The maximum atomic E-state index is 5.26. The van der Waals surface area contributed by atoms with Crippen LogP contribution >= 0.6 is 0 Å². The summed E-state index contributed by atoms with van der Waals surface area (Å²) in [5.41, 5.74) is 5.04. The smallest absolute Gasteiger partial charge is 0.157 e. The van der Waals surface area contributed by atoms with Crippen LogP contribution in [-0.4, -0.2) is 34.8 Å². The Bertz CT molecular complexity index is 957. The minimum Gasteiger partial charge on any atom is -0.497 e. The first-order valence-corrected chi connectivity index (χ1v) is 9.74. The lowest BCUT2D eigenvalue weighted by Gasteiger charge is -2.34. The normalized spacial score (nSPS) is 18.0. The summed E-state index contributed by atoms with van der Waals surface area (Å²) in [6.07, 6.45) is 6.46. The van der Waals surface area contributed by atoms with E-state index in [1.165, 1.54) is 36.1 Å². The molecule has 1 aromatic carbocycles. The first-order chi connectivity index (χ1) is 13.3. The minimum absolute atomic E-state index is 0.239.